The van der Waals surface area contributed by atoms with Gasteiger partial charge in [0, 0.05) is 18.8 Å². The number of carboxylic acid groups (broad SMARTS) is 1. The minimum absolute atomic E-state index is 0.113. The molecule has 23 heavy (non-hydrogen) atoms. The van der Waals surface area contributed by atoms with Crippen molar-refractivity contribution in [2.45, 2.75) is 52.6 Å². The van der Waals surface area contributed by atoms with Crippen LogP contribution < -0.4 is 0 Å². The Morgan fingerprint density at radius 2 is 2.13 bits per heavy atom. The maximum Gasteiger partial charge on any atom is 0.326 e. The number of nitrogens with zero attached hydrogens (tertiary/aromatic N) is 3. The van der Waals surface area contributed by atoms with Crippen LogP contribution in [-0.4, -0.2) is 44.3 Å². The highest BCUT2D eigenvalue weighted by atomic mass is 16.4. The lowest BCUT2D eigenvalue weighted by atomic mass is 9.94. The molecule has 1 saturated heterocycles. The van der Waals surface area contributed by atoms with Gasteiger partial charge >= 0.3 is 5.97 Å². The normalized spacial score (nSPS) is 26.8. The molecular formula is C17H25N3O3. The maximum atomic E-state index is 12.9. The van der Waals surface area contributed by atoms with Crippen LogP contribution in [0.1, 0.15) is 49.2 Å². The Bertz CT molecular complexity index is 623. The average Bonchev–Trinajstić information content (AvgIpc) is 3.12. The predicted molar refractivity (Wildman–Crippen MR) is 85.1 cm³/mol. The molecule has 0 aromatic carbocycles. The van der Waals surface area contributed by atoms with E-state index in [0.717, 1.165) is 31.5 Å². The molecule has 1 aliphatic carbocycles. The number of carbonyl (C=O) groups is 2. The standard InChI is InChI=1S/C17H25N3O3/c1-10(2)8-20-11(3)14(7-18-20)16(21)19-9-12-5-4-6-13(12)15(19)17(22)23/h7,10,12-13,15H,4-6,8-9H2,1-3H3,(H,22,23). The number of likely N-dealkylation sites (tertiary alicyclic amines) is 1. The van der Waals surface area contributed by atoms with Gasteiger partial charge in [0.2, 0.25) is 0 Å². The van der Waals surface area contributed by atoms with Gasteiger partial charge in [-0.25, -0.2) is 4.79 Å². The van der Waals surface area contributed by atoms with E-state index in [4.69, 9.17) is 0 Å². The Hall–Kier alpha value is -1.85. The monoisotopic (exact) mass is 319 g/mol. The molecule has 0 spiro atoms. The van der Waals surface area contributed by atoms with Gasteiger partial charge in [0.25, 0.3) is 5.91 Å². The first-order chi connectivity index (χ1) is 10.9. The van der Waals surface area contributed by atoms with E-state index in [1.54, 1.807) is 11.1 Å². The van der Waals surface area contributed by atoms with Crippen molar-refractivity contribution in [2.24, 2.45) is 17.8 Å². The molecule has 2 aliphatic rings. The van der Waals surface area contributed by atoms with Crippen LogP contribution in [0.5, 0.6) is 0 Å². The van der Waals surface area contributed by atoms with Gasteiger partial charge < -0.3 is 10.0 Å². The van der Waals surface area contributed by atoms with Gasteiger partial charge in [0.1, 0.15) is 6.04 Å². The van der Waals surface area contributed by atoms with E-state index in [-0.39, 0.29) is 11.8 Å². The summed E-state index contributed by atoms with van der Waals surface area (Å²) in [5.41, 5.74) is 1.36. The molecule has 1 aliphatic heterocycles. The number of fused-ring (bicyclic) bond motifs is 1. The fourth-order valence-electron chi connectivity index (χ4n) is 4.17. The number of rotatable bonds is 4. The van der Waals surface area contributed by atoms with Crippen molar-refractivity contribution in [3.05, 3.63) is 17.5 Å². The number of hydrogen-bond acceptors (Lipinski definition) is 3. The number of carbonyl (C=O) groups excluding carboxylic acids is 1. The maximum absolute atomic E-state index is 12.9. The zero-order valence-electron chi connectivity index (χ0n) is 14.0. The molecule has 3 unspecified atom stereocenters. The molecule has 0 radical (unpaired) electrons. The highest BCUT2D eigenvalue weighted by Gasteiger charge is 2.49. The lowest BCUT2D eigenvalue weighted by Crippen LogP contribution is -2.43. The molecule has 6 heteroatoms. The van der Waals surface area contributed by atoms with Crippen LogP contribution in [0.4, 0.5) is 0 Å². The Morgan fingerprint density at radius 3 is 2.78 bits per heavy atom. The summed E-state index contributed by atoms with van der Waals surface area (Å²) >= 11 is 0. The molecule has 1 amide bonds. The van der Waals surface area contributed by atoms with Gasteiger partial charge in [-0.2, -0.15) is 5.10 Å². The number of carboxylic acids is 1. The summed E-state index contributed by atoms with van der Waals surface area (Å²) < 4.78 is 1.84. The molecule has 1 aromatic rings. The summed E-state index contributed by atoms with van der Waals surface area (Å²) in [5, 5.41) is 13.9. The van der Waals surface area contributed by atoms with Gasteiger partial charge in [-0.05, 0) is 37.5 Å². The van der Waals surface area contributed by atoms with Crippen LogP contribution in [0, 0.1) is 24.7 Å². The lowest BCUT2D eigenvalue weighted by molar-refractivity contribution is -0.142. The highest BCUT2D eigenvalue weighted by Crippen LogP contribution is 2.42. The van der Waals surface area contributed by atoms with Gasteiger partial charge in [-0.15, -0.1) is 0 Å². The molecule has 1 aromatic heterocycles. The van der Waals surface area contributed by atoms with Gasteiger partial charge in [-0.3, -0.25) is 9.48 Å². The fourth-order valence-corrected chi connectivity index (χ4v) is 4.17. The van der Waals surface area contributed by atoms with E-state index in [1.807, 2.05) is 11.6 Å². The van der Waals surface area contributed by atoms with Crippen LogP contribution in [0.3, 0.4) is 0 Å². The molecule has 6 nitrogen and oxygen atoms in total. The molecule has 0 bridgehead atoms. The number of aliphatic carboxylic acids is 1. The van der Waals surface area contributed by atoms with E-state index >= 15 is 0 Å². The Labute approximate surface area is 136 Å². The van der Waals surface area contributed by atoms with Crippen LogP contribution in [0.25, 0.3) is 0 Å². The van der Waals surface area contributed by atoms with E-state index < -0.39 is 12.0 Å². The summed E-state index contributed by atoms with van der Waals surface area (Å²) in [7, 11) is 0. The summed E-state index contributed by atoms with van der Waals surface area (Å²) in [4.78, 5) is 26.2. The lowest BCUT2D eigenvalue weighted by Gasteiger charge is -2.24. The predicted octanol–water partition coefficient (Wildman–Crippen LogP) is 2.17. The smallest absolute Gasteiger partial charge is 0.326 e. The van der Waals surface area contributed by atoms with Gasteiger partial charge in [0.05, 0.1) is 11.8 Å². The molecule has 2 heterocycles. The molecule has 2 fully saturated rings. The van der Waals surface area contributed by atoms with Crippen LogP contribution in [-0.2, 0) is 11.3 Å². The summed E-state index contributed by atoms with van der Waals surface area (Å²) in [6, 6.07) is -0.678. The number of aromatic nitrogens is 2. The molecule has 3 rings (SSSR count). The minimum atomic E-state index is -0.875. The SMILES string of the molecule is Cc1c(C(=O)N2CC3CCCC3C2C(=O)O)cnn1CC(C)C. The van der Waals surface area contributed by atoms with Crippen LogP contribution in [0.2, 0.25) is 0 Å². The highest BCUT2D eigenvalue weighted by molar-refractivity contribution is 5.97. The second kappa shape index (κ2) is 5.98. The second-order valence-corrected chi connectivity index (χ2v) is 7.32. The van der Waals surface area contributed by atoms with E-state index in [2.05, 4.69) is 18.9 Å². The first kappa shape index (κ1) is 16.0. The van der Waals surface area contributed by atoms with Crippen molar-refractivity contribution >= 4 is 11.9 Å². The van der Waals surface area contributed by atoms with Crippen molar-refractivity contribution in [3.63, 3.8) is 0 Å². The van der Waals surface area contributed by atoms with Crippen molar-refractivity contribution in [1.29, 1.82) is 0 Å². The van der Waals surface area contributed by atoms with Gasteiger partial charge in [0.15, 0.2) is 0 Å². The zero-order chi connectivity index (χ0) is 16.7. The Morgan fingerprint density at radius 1 is 1.39 bits per heavy atom. The Kier molecular flexibility index (Phi) is 4.17. The summed E-state index contributed by atoms with van der Waals surface area (Å²) in [6.45, 7) is 7.41. The van der Waals surface area contributed by atoms with Gasteiger partial charge in [-0.1, -0.05) is 20.3 Å². The van der Waals surface area contributed by atoms with Crippen molar-refractivity contribution in [2.75, 3.05) is 6.54 Å². The first-order valence-electron chi connectivity index (χ1n) is 8.46. The molecule has 126 valence electrons. The summed E-state index contributed by atoms with van der Waals surface area (Å²) in [6.07, 6.45) is 4.61. The number of amides is 1. The fraction of sp³-hybridized carbons (Fsp3) is 0.706. The topological polar surface area (TPSA) is 75.4 Å². The minimum Gasteiger partial charge on any atom is -0.480 e. The molecular weight excluding hydrogens is 294 g/mol. The third-order valence-corrected chi connectivity index (χ3v) is 5.28. The second-order valence-electron chi connectivity index (χ2n) is 7.32. The zero-order valence-corrected chi connectivity index (χ0v) is 14.0. The Balaban J connectivity index is 1.85. The third kappa shape index (κ3) is 2.75. The van der Waals surface area contributed by atoms with E-state index in [9.17, 15) is 14.7 Å². The van der Waals surface area contributed by atoms with E-state index in [0.29, 0.717) is 23.9 Å². The molecule has 3 atom stereocenters. The molecule has 1 saturated carbocycles. The van der Waals surface area contributed by atoms with Crippen LogP contribution >= 0.6 is 0 Å². The average molecular weight is 319 g/mol. The first-order valence-corrected chi connectivity index (χ1v) is 8.46. The number of hydrogen-bond donors (Lipinski definition) is 1. The van der Waals surface area contributed by atoms with Crippen molar-refractivity contribution < 1.29 is 14.7 Å². The molecule has 1 N–H and O–H groups in total. The largest absolute Gasteiger partial charge is 0.480 e. The summed E-state index contributed by atoms with van der Waals surface area (Å²) in [5.74, 6) is -0.165. The van der Waals surface area contributed by atoms with Crippen molar-refractivity contribution in [3.8, 4) is 0 Å². The van der Waals surface area contributed by atoms with Crippen molar-refractivity contribution in [1.82, 2.24) is 14.7 Å². The third-order valence-electron chi connectivity index (χ3n) is 5.28. The quantitative estimate of drug-likeness (QED) is 0.923. The van der Waals surface area contributed by atoms with E-state index in [1.165, 1.54) is 0 Å². The van der Waals surface area contributed by atoms with Crippen LogP contribution in [0.15, 0.2) is 6.20 Å².